The second-order valence-corrected chi connectivity index (χ2v) is 6.36. The van der Waals surface area contributed by atoms with Crippen molar-refractivity contribution in [1.29, 1.82) is 0 Å². The Morgan fingerprint density at radius 2 is 1.83 bits per heavy atom. The number of para-hydroxylation sites is 1. The third kappa shape index (κ3) is 3.28. The number of anilines is 1. The van der Waals surface area contributed by atoms with Crippen LogP contribution in [-0.4, -0.2) is 29.8 Å². The summed E-state index contributed by atoms with van der Waals surface area (Å²) in [6, 6.07) is 8.29. The molecule has 0 radical (unpaired) electrons. The topological polar surface area (TPSA) is 49.4 Å². The van der Waals surface area contributed by atoms with E-state index in [-0.39, 0.29) is 24.7 Å². The van der Waals surface area contributed by atoms with E-state index in [2.05, 4.69) is 5.32 Å². The summed E-state index contributed by atoms with van der Waals surface area (Å²) < 4.78 is 38.8. The highest BCUT2D eigenvalue weighted by Crippen LogP contribution is 2.35. The summed E-state index contributed by atoms with van der Waals surface area (Å²) >= 11 is 1.31. The number of nitrogens with zero attached hydrogens (tertiary/aromatic N) is 1. The van der Waals surface area contributed by atoms with Gasteiger partial charge in [-0.05, 0) is 23.6 Å². The van der Waals surface area contributed by atoms with Crippen LogP contribution in [0.15, 0.2) is 41.8 Å². The number of carbonyl (C=O) groups excluding carboxylic acids is 2. The summed E-state index contributed by atoms with van der Waals surface area (Å²) in [7, 11) is 0. The van der Waals surface area contributed by atoms with Gasteiger partial charge in [0.15, 0.2) is 0 Å². The lowest BCUT2D eigenvalue weighted by molar-refractivity contribution is -0.137. The Morgan fingerprint density at radius 3 is 2.46 bits per heavy atom. The van der Waals surface area contributed by atoms with Crippen molar-refractivity contribution in [1.82, 2.24) is 4.90 Å². The molecule has 126 valence electrons. The second-order valence-electron chi connectivity index (χ2n) is 5.42. The number of alkyl halides is 3. The van der Waals surface area contributed by atoms with Gasteiger partial charge >= 0.3 is 6.18 Å². The van der Waals surface area contributed by atoms with Gasteiger partial charge in [0, 0.05) is 13.1 Å². The summed E-state index contributed by atoms with van der Waals surface area (Å²) in [4.78, 5) is 26.3. The van der Waals surface area contributed by atoms with Crippen LogP contribution >= 0.6 is 11.3 Å². The third-order valence-electron chi connectivity index (χ3n) is 3.76. The smallest absolute Gasteiger partial charge is 0.336 e. The van der Waals surface area contributed by atoms with Crippen LogP contribution in [0, 0.1) is 5.92 Å². The first kappa shape index (κ1) is 16.5. The highest BCUT2D eigenvalue weighted by molar-refractivity contribution is 7.12. The average molecular weight is 354 g/mol. The van der Waals surface area contributed by atoms with Crippen LogP contribution in [0.25, 0.3) is 0 Å². The van der Waals surface area contributed by atoms with Gasteiger partial charge < -0.3 is 10.2 Å². The normalized spacial score (nSPS) is 15.0. The molecule has 3 rings (SSSR count). The van der Waals surface area contributed by atoms with E-state index in [1.54, 1.807) is 17.5 Å². The Balaban J connectivity index is 1.61. The predicted octanol–water partition coefficient (Wildman–Crippen LogP) is 3.48. The lowest BCUT2D eigenvalue weighted by atomic mass is 9.98. The minimum Gasteiger partial charge on any atom is -0.336 e. The molecule has 2 heterocycles. The van der Waals surface area contributed by atoms with Gasteiger partial charge in [-0.15, -0.1) is 11.3 Å². The van der Waals surface area contributed by atoms with E-state index in [0.29, 0.717) is 4.88 Å². The SMILES string of the molecule is O=C(Nc1ccccc1C(F)(F)F)C1CN(C(=O)c2cccs2)C1. The summed E-state index contributed by atoms with van der Waals surface area (Å²) in [6.45, 7) is 0.410. The first-order valence-corrected chi connectivity index (χ1v) is 8.04. The van der Waals surface area contributed by atoms with Crippen molar-refractivity contribution < 1.29 is 22.8 Å². The highest BCUT2D eigenvalue weighted by Gasteiger charge is 2.38. The van der Waals surface area contributed by atoms with Gasteiger partial charge in [0.2, 0.25) is 5.91 Å². The van der Waals surface area contributed by atoms with E-state index in [0.717, 1.165) is 6.07 Å². The minimum absolute atomic E-state index is 0.162. The maximum absolute atomic E-state index is 12.9. The van der Waals surface area contributed by atoms with Crippen molar-refractivity contribution in [2.75, 3.05) is 18.4 Å². The zero-order chi connectivity index (χ0) is 17.3. The molecule has 0 saturated carbocycles. The standard InChI is InChI=1S/C16H13F3N2O2S/c17-16(18,19)11-4-1-2-5-12(11)20-14(22)10-8-21(9-10)15(23)13-6-3-7-24-13/h1-7,10H,8-9H2,(H,20,22). The first-order valence-electron chi connectivity index (χ1n) is 7.16. The van der Waals surface area contributed by atoms with Gasteiger partial charge in [-0.3, -0.25) is 9.59 Å². The second kappa shape index (κ2) is 6.27. The van der Waals surface area contributed by atoms with E-state index in [1.165, 1.54) is 34.4 Å². The van der Waals surface area contributed by atoms with Crippen molar-refractivity contribution in [3.8, 4) is 0 Å². The number of benzene rings is 1. The van der Waals surface area contributed by atoms with Crippen LogP contribution < -0.4 is 5.32 Å². The zero-order valence-corrected chi connectivity index (χ0v) is 13.2. The number of carbonyl (C=O) groups is 2. The molecule has 1 saturated heterocycles. The molecule has 1 aromatic heterocycles. The quantitative estimate of drug-likeness (QED) is 0.917. The van der Waals surface area contributed by atoms with Crippen molar-refractivity contribution in [3.63, 3.8) is 0 Å². The number of halogens is 3. The molecule has 0 aliphatic carbocycles. The number of amides is 2. The molecule has 0 unspecified atom stereocenters. The maximum atomic E-state index is 12.9. The van der Waals surface area contributed by atoms with Gasteiger partial charge in [-0.1, -0.05) is 18.2 Å². The molecule has 1 N–H and O–H groups in total. The monoisotopic (exact) mass is 354 g/mol. The van der Waals surface area contributed by atoms with E-state index >= 15 is 0 Å². The molecule has 0 bridgehead atoms. The van der Waals surface area contributed by atoms with Crippen molar-refractivity contribution in [2.45, 2.75) is 6.18 Å². The van der Waals surface area contributed by atoms with Gasteiger partial charge in [-0.2, -0.15) is 13.2 Å². The molecule has 1 aromatic carbocycles. The number of nitrogens with one attached hydrogen (secondary N) is 1. The molecule has 2 aromatic rings. The molecule has 2 amide bonds. The molecule has 24 heavy (non-hydrogen) atoms. The van der Waals surface area contributed by atoms with E-state index < -0.39 is 23.6 Å². The minimum atomic E-state index is -4.54. The number of hydrogen-bond acceptors (Lipinski definition) is 3. The molecule has 4 nitrogen and oxygen atoms in total. The fourth-order valence-electron chi connectivity index (χ4n) is 2.44. The molecule has 1 aliphatic rings. The van der Waals surface area contributed by atoms with E-state index in [4.69, 9.17) is 0 Å². The molecular weight excluding hydrogens is 341 g/mol. The fourth-order valence-corrected chi connectivity index (χ4v) is 3.13. The van der Waals surface area contributed by atoms with Gasteiger partial charge in [0.25, 0.3) is 5.91 Å². The lowest BCUT2D eigenvalue weighted by Crippen LogP contribution is -2.54. The maximum Gasteiger partial charge on any atom is 0.418 e. The van der Waals surface area contributed by atoms with Crippen molar-refractivity contribution in [2.24, 2.45) is 5.92 Å². The summed E-state index contributed by atoms with van der Waals surface area (Å²) in [6.07, 6.45) is -4.54. The number of rotatable bonds is 3. The van der Waals surface area contributed by atoms with Crippen LogP contribution in [0.1, 0.15) is 15.2 Å². The first-order chi connectivity index (χ1) is 11.4. The number of hydrogen-bond donors (Lipinski definition) is 1. The molecule has 1 aliphatic heterocycles. The fraction of sp³-hybridized carbons (Fsp3) is 0.250. The van der Waals surface area contributed by atoms with Gasteiger partial charge in [0.1, 0.15) is 0 Å². The van der Waals surface area contributed by atoms with Crippen LogP contribution in [0.5, 0.6) is 0 Å². The summed E-state index contributed by atoms with van der Waals surface area (Å²) in [5, 5.41) is 4.10. The predicted molar refractivity (Wildman–Crippen MR) is 83.8 cm³/mol. The Bertz CT molecular complexity index is 753. The van der Waals surface area contributed by atoms with Crippen LogP contribution in [-0.2, 0) is 11.0 Å². The molecule has 8 heteroatoms. The third-order valence-corrected chi connectivity index (χ3v) is 4.62. The average Bonchev–Trinajstić information content (AvgIpc) is 2.99. The molecule has 0 atom stereocenters. The number of likely N-dealkylation sites (tertiary alicyclic amines) is 1. The largest absolute Gasteiger partial charge is 0.418 e. The van der Waals surface area contributed by atoms with Gasteiger partial charge in [0.05, 0.1) is 22.0 Å². The van der Waals surface area contributed by atoms with Crippen molar-refractivity contribution >= 4 is 28.8 Å². The Labute approximate surface area is 139 Å². The lowest BCUT2D eigenvalue weighted by Gasteiger charge is -2.38. The highest BCUT2D eigenvalue weighted by atomic mass is 32.1. The Morgan fingerprint density at radius 1 is 1.12 bits per heavy atom. The van der Waals surface area contributed by atoms with Gasteiger partial charge in [-0.25, -0.2) is 0 Å². The van der Waals surface area contributed by atoms with Crippen LogP contribution in [0.4, 0.5) is 18.9 Å². The molecular formula is C16H13F3N2O2S. The number of thiophene rings is 1. The summed E-state index contributed by atoms with van der Waals surface area (Å²) in [5.41, 5.74) is -1.15. The molecule has 1 fully saturated rings. The Hall–Kier alpha value is -2.35. The van der Waals surface area contributed by atoms with Crippen LogP contribution in [0.2, 0.25) is 0 Å². The van der Waals surface area contributed by atoms with Crippen LogP contribution in [0.3, 0.4) is 0 Å². The summed E-state index contributed by atoms with van der Waals surface area (Å²) in [5.74, 6) is -1.18. The van der Waals surface area contributed by atoms with E-state index in [1.807, 2.05) is 0 Å². The molecule has 0 spiro atoms. The van der Waals surface area contributed by atoms with E-state index in [9.17, 15) is 22.8 Å². The van der Waals surface area contributed by atoms with Crippen molar-refractivity contribution in [3.05, 3.63) is 52.2 Å². The Kier molecular flexibility index (Phi) is 4.31. The zero-order valence-electron chi connectivity index (χ0n) is 12.3.